The van der Waals surface area contributed by atoms with Gasteiger partial charge in [0.2, 0.25) is 0 Å². The van der Waals surface area contributed by atoms with Crippen LogP contribution in [0.1, 0.15) is 28.1 Å². The molecule has 126 valence electrons. The first kappa shape index (κ1) is 17.5. The Morgan fingerprint density at radius 2 is 1.87 bits per heavy atom. The van der Waals surface area contributed by atoms with Crippen molar-refractivity contribution in [3.63, 3.8) is 0 Å². The fourth-order valence-electron chi connectivity index (χ4n) is 2.68. The van der Waals surface area contributed by atoms with Crippen molar-refractivity contribution in [2.24, 2.45) is 0 Å². The van der Waals surface area contributed by atoms with Crippen LogP contribution in [0.5, 0.6) is 5.75 Å². The van der Waals surface area contributed by atoms with Crippen LogP contribution in [0.25, 0.3) is 0 Å². The van der Waals surface area contributed by atoms with E-state index in [0.717, 1.165) is 33.9 Å². The maximum absolute atomic E-state index is 10.2. The maximum Gasteiger partial charge on any atom is 0.138 e. The van der Waals surface area contributed by atoms with Gasteiger partial charge < -0.3 is 14.4 Å². The number of hydrogen-bond acceptors (Lipinski definition) is 5. The summed E-state index contributed by atoms with van der Waals surface area (Å²) in [5, 5.41) is 14.2. The average Bonchev–Trinajstić information content (AvgIpc) is 2.78. The number of aromatic nitrogens is 1. The first-order valence-electron chi connectivity index (χ1n) is 7.86. The maximum atomic E-state index is 10.2. The first-order valence-corrected chi connectivity index (χ1v) is 7.86. The molecule has 0 amide bonds. The normalized spacial score (nSPS) is 12.7. The lowest BCUT2D eigenvalue weighted by molar-refractivity contribution is 0.0737. The van der Waals surface area contributed by atoms with Gasteiger partial charge in [-0.15, -0.1) is 0 Å². The van der Waals surface area contributed by atoms with Gasteiger partial charge in [0, 0.05) is 18.7 Å². The Labute approximate surface area is 137 Å². The Morgan fingerprint density at radius 3 is 2.43 bits per heavy atom. The lowest BCUT2D eigenvalue weighted by atomic mass is 10.1. The monoisotopic (exact) mass is 318 g/mol. The second kappa shape index (κ2) is 7.62. The Hall–Kier alpha value is -1.85. The van der Waals surface area contributed by atoms with Crippen molar-refractivity contribution in [1.29, 1.82) is 0 Å². The van der Waals surface area contributed by atoms with Crippen molar-refractivity contribution in [3.05, 3.63) is 46.3 Å². The molecule has 2 rings (SSSR count). The van der Waals surface area contributed by atoms with Crippen LogP contribution in [0.2, 0.25) is 0 Å². The number of aliphatic hydroxyl groups is 1. The number of likely N-dealkylation sites (N-methyl/N-ethyl adjacent to an activating group) is 1. The Morgan fingerprint density at radius 1 is 1.22 bits per heavy atom. The van der Waals surface area contributed by atoms with E-state index in [9.17, 15) is 5.11 Å². The molecule has 0 spiro atoms. The minimum Gasteiger partial charge on any atom is -0.490 e. The van der Waals surface area contributed by atoms with Gasteiger partial charge >= 0.3 is 0 Å². The molecule has 1 heterocycles. The van der Waals surface area contributed by atoms with Crippen LogP contribution in [0.4, 0.5) is 0 Å². The van der Waals surface area contributed by atoms with Crippen molar-refractivity contribution < 1.29 is 14.4 Å². The van der Waals surface area contributed by atoms with E-state index >= 15 is 0 Å². The molecule has 1 aromatic carbocycles. The number of para-hydroxylation sites is 1. The number of aryl methyl sites for hydroxylation is 4. The minimum absolute atomic E-state index is 0.275. The van der Waals surface area contributed by atoms with E-state index < -0.39 is 6.10 Å². The third-order valence-corrected chi connectivity index (χ3v) is 3.96. The number of nitrogens with zero attached hydrogens (tertiary/aromatic N) is 2. The largest absolute Gasteiger partial charge is 0.490 e. The molecule has 1 unspecified atom stereocenters. The van der Waals surface area contributed by atoms with Crippen molar-refractivity contribution >= 4 is 0 Å². The highest BCUT2D eigenvalue weighted by Gasteiger charge is 2.15. The van der Waals surface area contributed by atoms with E-state index in [0.29, 0.717) is 13.1 Å². The molecule has 0 aliphatic carbocycles. The van der Waals surface area contributed by atoms with Gasteiger partial charge in [-0.2, -0.15) is 0 Å². The van der Waals surface area contributed by atoms with Crippen LogP contribution in [0, 0.1) is 27.7 Å². The van der Waals surface area contributed by atoms with Crippen molar-refractivity contribution in [2.45, 2.75) is 40.3 Å². The topological polar surface area (TPSA) is 58.7 Å². The number of hydrogen-bond donors (Lipinski definition) is 1. The average molecular weight is 318 g/mol. The summed E-state index contributed by atoms with van der Waals surface area (Å²) in [5.74, 6) is 1.69. The molecule has 23 heavy (non-hydrogen) atoms. The SMILES string of the molecule is Cc1cccc(C)c1OCC(O)CN(C)Cc1c(C)noc1C. The van der Waals surface area contributed by atoms with E-state index in [4.69, 9.17) is 9.26 Å². The number of rotatable bonds is 7. The van der Waals surface area contributed by atoms with Crippen LogP contribution in [-0.4, -0.2) is 41.5 Å². The Balaban J connectivity index is 1.86. The predicted molar refractivity (Wildman–Crippen MR) is 89.7 cm³/mol. The second-order valence-corrected chi connectivity index (χ2v) is 6.19. The fraction of sp³-hybridized carbons (Fsp3) is 0.500. The van der Waals surface area contributed by atoms with Gasteiger partial charge in [-0.3, -0.25) is 4.90 Å². The van der Waals surface area contributed by atoms with Crippen LogP contribution in [0.3, 0.4) is 0 Å². The molecule has 0 saturated carbocycles. The third-order valence-electron chi connectivity index (χ3n) is 3.96. The minimum atomic E-state index is -0.556. The molecule has 0 saturated heterocycles. The van der Waals surface area contributed by atoms with Gasteiger partial charge in [-0.05, 0) is 45.9 Å². The molecule has 0 radical (unpaired) electrons. The van der Waals surface area contributed by atoms with E-state index in [1.807, 2.05) is 57.8 Å². The number of aliphatic hydroxyl groups excluding tert-OH is 1. The summed E-state index contributed by atoms with van der Waals surface area (Å²) < 4.78 is 11.0. The zero-order valence-corrected chi connectivity index (χ0v) is 14.6. The quantitative estimate of drug-likeness (QED) is 0.850. The molecule has 0 bridgehead atoms. The molecular weight excluding hydrogens is 292 g/mol. The third kappa shape index (κ3) is 4.56. The molecule has 5 heteroatoms. The Bertz CT molecular complexity index is 612. The summed E-state index contributed by atoms with van der Waals surface area (Å²) in [7, 11) is 1.97. The summed E-state index contributed by atoms with van der Waals surface area (Å²) in [6, 6.07) is 6.03. The molecule has 1 atom stereocenters. The van der Waals surface area contributed by atoms with Crippen molar-refractivity contribution in [3.8, 4) is 5.75 Å². The van der Waals surface area contributed by atoms with E-state index in [2.05, 4.69) is 5.16 Å². The van der Waals surface area contributed by atoms with Crippen LogP contribution >= 0.6 is 0 Å². The van der Waals surface area contributed by atoms with Gasteiger partial charge in [-0.25, -0.2) is 0 Å². The van der Waals surface area contributed by atoms with Gasteiger partial charge in [-0.1, -0.05) is 23.4 Å². The van der Waals surface area contributed by atoms with Crippen molar-refractivity contribution in [1.82, 2.24) is 10.1 Å². The highest BCUT2D eigenvalue weighted by atomic mass is 16.5. The van der Waals surface area contributed by atoms with Gasteiger partial charge in [0.15, 0.2) is 0 Å². The number of benzene rings is 1. The first-order chi connectivity index (χ1) is 10.9. The second-order valence-electron chi connectivity index (χ2n) is 6.19. The van der Waals surface area contributed by atoms with Gasteiger partial charge in [0.1, 0.15) is 24.2 Å². The molecular formula is C18H26N2O3. The molecule has 2 aromatic rings. The number of ether oxygens (including phenoxy) is 1. The van der Waals surface area contributed by atoms with Crippen LogP contribution in [0.15, 0.2) is 22.7 Å². The van der Waals surface area contributed by atoms with Crippen molar-refractivity contribution in [2.75, 3.05) is 20.2 Å². The molecule has 1 aromatic heterocycles. The smallest absolute Gasteiger partial charge is 0.138 e. The Kier molecular flexibility index (Phi) is 5.80. The zero-order valence-electron chi connectivity index (χ0n) is 14.6. The fourth-order valence-corrected chi connectivity index (χ4v) is 2.68. The molecule has 5 nitrogen and oxygen atoms in total. The molecule has 1 N–H and O–H groups in total. The summed E-state index contributed by atoms with van der Waals surface area (Å²) >= 11 is 0. The van der Waals surface area contributed by atoms with E-state index in [1.165, 1.54) is 0 Å². The summed E-state index contributed by atoms with van der Waals surface area (Å²) in [6.45, 7) is 9.36. The summed E-state index contributed by atoms with van der Waals surface area (Å²) in [6.07, 6.45) is -0.556. The van der Waals surface area contributed by atoms with Crippen LogP contribution < -0.4 is 4.74 Å². The van der Waals surface area contributed by atoms with Gasteiger partial charge in [0.05, 0.1) is 5.69 Å². The predicted octanol–water partition coefficient (Wildman–Crippen LogP) is 2.78. The van der Waals surface area contributed by atoms with E-state index in [-0.39, 0.29) is 6.61 Å². The molecule has 0 fully saturated rings. The van der Waals surface area contributed by atoms with E-state index in [1.54, 1.807) is 0 Å². The molecule has 0 aliphatic heterocycles. The lowest BCUT2D eigenvalue weighted by Crippen LogP contribution is -2.33. The summed E-state index contributed by atoms with van der Waals surface area (Å²) in [4.78, 5) is 2.05. The highest BCUT2D eigenvalue weighted by molar-refractivity contribution is 5.39. The van der Waals surface area contributed by atoms with Crippen LogP contribution in [-0.2, 0) is 6.54 Å². The van der Waals surface area contributed by atoms with Gasteiger partial charge in [0.25, 0.3) is 0 Å². The molecule has 0 aliphatic rings. The highest BCUT2D eigenvalue weighted by Crippen LogP contribution is 2.22. The standard InChI is InChI=1S/C18H26N2O3/c1-12-7-6-8-13(2)18(12)22-11-16(21)9-20(5)10-17-14(3)19-23-15(17)4/h6-8,16,21H,9-11H2,1-5H3. The zero-order chi connectivity index (χ0) is 17.0. The lowest BCUT2D eigenvalue weighted by Gasteiger charge is -2.21. The summed E-state index contributed by atoms with van der Waals surface area (Å²) in [5.41, 5.74) is 4.15.